The van der Waals surface area contributed by atoms with Crippen LogP contribution in [-0.4, -0.2) is 23.8 Å². The first-order chi connectivity index (χ1) is 9.47. The first-order valence-electron chi connectivity index (χ1n) is 5.83. The van der Waals surface area contributed by atoms with E-state index in [0.29, 0.717) is 16.3 Å². The van der Waals surface area contributed by atoms with E-state index < -0.39 is 5.97 Å². The number of nitrogen functional groups attached to an aromatic ring is 1. The van der Waals surface area contributed by atoms with E-state index in [1.54, 1.807) is 31.2 Å². The van der Waals surface area contributed by atoms with Crippen LogP contribution in [0.5, 0.6) is 0 Å². The van der Waals surface area contributed by atoms with Crippen LogP contribution in [0.4, 0.5) is 5.82 Å². The maximum atomic E-state index is 12.6. The van der Waals surface area contributed by atoms with Crippen molar-refractivity contribution in [1.82, 2.24) is 4.98 Å². The number of carbonyl (C=O) groups is 2. The molecule has 2 rings (SSSR count). The predicted molar refractivity (Wildman–Crippen MR) is 76.2 cm³/mol. The number of hydrogen-bond donors (Lipinski definition) is 2. The minimum atomic E-state index is -0.665. The standard InChI is InChI=1S/C14H13ClN2O3/c1-7-10(11(13(16)17-7)14(19)20-2)12(18)8-5-3-4-6-9(8)15/h3-6,17H,16H2,1-2H3. The van der Waals surface area contributed by atoms with Crippen LogP contribution in [0, 0.1) is 6.92 Å². The van der Waals surface area contributed by atoms with E-state index in [-0.39, 0.29) is 22.7 Å². The third-order valence-electron chi connectivity index (χ3n) is 2.95. The normalized spacial score (nSPS) is 10.3. The van der Waals surface area contributed by atoms with Crippen LogP contribution in [-0.2, 0) is 4.74 Å². The summed E-state index contributed by atoms with van der Waals surface area (Å²) in [7, 11) is 1.23. The summed E-state index contributed by atoms with van der Waals surface area (Å²) in [6, 6.07) is 6.62. The Morgan fingerprint density at radius 1 is 1.25 bits per heavy atom. The monoisotopic (exact) mass is 292 g/mol. The third-order valence-corrected chi connectivity index (χ3v) is 3.28. The number of aryl methyl sites for hydroxylation is 1. The molecule has 0 aliphatic carbocycles. The highest BCUT2D eigenvalue weighted by molar-refractivity contribution is 6.35. The molecule has 0 aliphatic heterocycles. The predicted octanol–water partition coefficient (Wildman–Crippen LogP) is 2.58. The first kappa shape index (κ1) is 14.1. The Balaban J connectivity index is 2.61. The van der Waals surface area contributed by atoms with E-state index in [2.05, 4.69) is 9.72 Å². The molecule has 1 aromatic heterocycles. The van der Waals surface area contributed by atoms with Crippen LogP contribution in [0.2, 0.25) is 5.02 Å². The Hall–Kier alpha value is -2.27. The summed E-state index contributed by atoms with van der Waals surface area (Å²) in [5.41, 5.74) is 6.75. The van der Waals surface area contributed by atoms with Gasteiger partial charge in [0.1, 0.15) is 11.4 Å². The number of H-pyrrole nitrogens is 1. The smallest absolute Gasteiger partial charge is 0.342 e. The maximum absolute atomic E-state index is 12.6. The van der Waals surface area contributed by atoms with Gasteiger partial charge in [0.05, 0.1) is 17.7 Å². The number of aromatic nitrogens is 1. The van der Waals surface area contributed by atoms with Crippen molar-refractivity contribution in [2.75, 3.05) is 12.8 Å². The number of nitrogens with two attached hydrogens (primary N) is 1. The highest BCUT2D eigenvalue weighted by Crippen LogP contribution is 2.27. The lowest BCUT2D eigenvalue weighted by molar-refractivity contribution is 0.0599. The van der Waals surface area contributed by atoms with Gasteiger partial charge in [0, 0.05) is 11.3 Å². The van der Waals surface area contributed by atoms with E-state index in [1.165, 1.54) is 7.11 Å². The second kappa shape index (κ2) is 5.38. The zero-order valence-corrected chi connectivity index (χ0v) is 11.7. The van der Waals surface area contributed by atoms with Gasteiger partial charge in [0.25, 0.3) is 0 Å². The van der Waals surface area contributed by atoms with Crippen molar-refractivity contribution in [2.24, 2.45) is 0 Å². The molecule has 0 saturated heterocycles. The van der Waals surface area contributed by atoms with E-state index in [9.17, 15) is 9.59 Å². The lowest BCUT2D eigenvalue weighted by Gasteiger charge is -2.05. The zero-order chi connectivity index (χ0) is 14.9. The molecular formula is C14H13ClN2O3. The number of ketones is 1. The molecule has 2 aromatic rings. The van der Waals surface area contributed by atoms with Gasteiger partial charge < -0.3 is 15.5 Å². The number of benzene rings is 1. The van der Waals surface area contributed by atoms with Crippen LogP contribution < -0.4 is 5.73 Å². The minimum Gasteiger partial charge on any atom is -0.465 e. The summed E-state index contributed by atoms with van der Waals surface area (Å²) in [5, 5.41) is 0.312. The fraction of sp³-hybridized carbons (Fsp3) is 0.143. The lowest BCUT2D eigenvalue weighted by Crippen LogP contribution is -2.12. The van der Waals surface area contributed by atoms with Crippen molar-refractivity contribution in [3.8, 4) is 0 Å². The van der Waals surface area contributed by atoms with E-state index in [1.807, 2.05) is 0 Å². The van der Waals surface area contributed by atoms with Crippen molar-refractivity contribution in [1.29, 1.82) is 0 Å². The maximum Gasteiger partial charge on any atom is 0.342 e. The number of halogens is 1. The minimum absolute atomic E-state index is 0.0370. The summed E-state index contributed by atoms with van der Waals surface area (Å²) in [6.45, 7) is 1.66. The second-order valence-corrected chi connectivity index (χ2v) is 4.62. The zero-order valence-electron chi connectivity index (χ0n) is 11.0. The van der Waals surface area contributed by atoms with Crippen molar-refractivity contribution < 1.29 is 14.3 Å². The molecule has 0 aliphatic rings. The number of anilines is 1. The molecule has 5 nitrogen and oxygen atoms in total. The Labute approximate surface area is 120 Å². The fourth-order valence-corrected chi connectivity index (χ4v) is 2.25. The molecular weight excluding hydrogens is 280 g/mol. The molecule has 0 amide bonds. The molecule has 3 N–H and O–H groups in total. The number of aromatic amines is 1. The molecule has 0 fully saturated rings. The largest absolute Gasteiger partial charge is 0.465 e. The van der Waals surface area contributed by atoms with Crippen LogP contribution in [0.25, 0.3) is 0 Å². The molecule has 0 atom stereocenters. The van der Waals surface area contributed by atoms with Gasteiger partial charge in [-0.3, -0.25) is 4.79 Å². The molecule has 0 radical (unpaired) electrons. The van der Waals surface area contributed by atoms with Crippen molar-refractivity contribution in [2.45, 2.75) is 6.92 Å². The van der Waals surface area contributed by atoms with Gasteiger partial charge in [-0.15, -0.1) is 0 Å². The van der Waals surface area contributed by atoms with Crippen LogP contribution in [0.1, 0.15) is 32.0 Å². The first-order valence-corrected chi connectivity index (χ1v) is 6.20. The number of rotatable bonds is 3. The average Bonchev–Trinajstić information content (AvgIpc) is 2.72. The van der Waals surface area contributed by atoms with Gasteiger partial charge in [-0.05, 0) is 19.1 Å². The van der Waals surface area contributed by atoms with Gasteiger partial charge in [0.15, 0.2) is 5.78 Å². The number of carbonyl (C=O) groups excluding carboxylic acids is 2. The second-order valence-electron chi connectivity index (χ2n) is 4.21. The number of ether oxygens (including phenoxy) is 1. The number of hydrogen-bond acceptors (Lipinski definition) is 4. The van der Waals surface area contributed by atoms with Gasteiger partial charge in [-0.1, -0.05) is 23.7 Å². The number of methoxy groups -OCH3 is 1. The molecule has 104 valence electrons. The number of nitrogens with one attached hydrogen (secondary N) is 1. The highest BCUT2D eigenvalue weighted by Gasteiger charge is 2.27. The highest BCUT2D eigenvalue weighted by atomic mass is 35.5. The summed E-state index contributed by atoms with van der Waals surface area (Å²) in [6.07, 6.45) is 0. The van der Waals surface area contributed by atoms with Crippen LogP contribution in [0.3, 0.4) is 0 Å². The Morgan fingerprint density at radius 3 is 2.50 bits per heavy atom. The van der Waals surface area contributed by atoms with Crippen LogP contribution in [0.15, 0.2) is 24.3 Å². The molecule has 20 heavy (non-hydrogen) atoms. The average molecular weight is 293 g/mol. The molecule has 0 bridgehead atoms. The topological polar surface area (TPSA) is 85.2 Å². The van der Waals surface area contributed by atoms with Gasteiger partial charge in [-0.25, -0.2) is 4.79 Å². The molecule has 0 spiro atoms. The Morgan fingerprint density at radius 2 is 1.90 bits per heavy atom. The van der Waals surface area contributed by atoms with Crippen molar-refractivity contribution in [3.05, 3.63) is 51.7 Å². The SMILES string of the molecule is COC(=O)c1c(N)[nH]c(C)c1C(=O)c1ccccc1Cl. The fourth-order valence-electron chi connectivity index (χ4n) is 2.03. The summed E-state index contributed by atoms with van der Waals surface area (Å²) >= 11 is 6.02. The van der Waals surface area contributed by atoms with Gasteiger partial charge in [0.2, 0.25) is 0 Å². The van der Waals surface area contributed by atoms with Crippen LogP contribution >= 0.6 is 11.6 Å². The molecule has 1 heterocycles. The summed E-state index contributed by atoms with van der Waals surface area (Å²) < 4.78 is 4.66. The van der Waals surface area contributed by atoms with E-state index >= 15 is 0 Å². The molecule has 0 unspecified atom stereocenters. The van der Waals surface area contributed by atoms with E-state index in [0.717, 1.165) is 0 Å². The lowest BCUT2D eigenvalue weighted by atomic mass is 9.99. The van der Waals surface area contributed by atoms with E-state index in [4.69, 9.17) is 17.3 Å². The molecule has 1 aromatic carbocycles. The molecule has 0 saturated carbocycles. The molecule has 6 heteroatoms. The summed E-state index contributed by atoms with van der Waals surface area (Å²) in [5.74, 6) is -0.937. The summed E-state index contributed by atoms with van der Waals surface area (Å²) in [4.78, 5) is 27.1. The Kier molecular flexibility index (Phi) is 3.81. The van der Waals surface area contributed by atoms with Crippen molar-refractivity contribution >= 4 is 29.2 Å². The van der Waals surface area contributed by atoms with Crippen molar-refractivity contribution in [3.63, 3.8) is 0 Å². The van der Waals surface area contributed by atoms with Gasteiger partial charge in [-0.2, -0.15) is 0 Å². The third kappa shape index (κ3) is 2.28. The number of esters is 1. The Bertz CT molecular complexity index is 692. The van der Waals surface area contributed by atoms with Gasteiger partial charge >= 0.3 is 5.97 Å². The quantitative estimate of drug-likeness (QED) is 0.672.